The highest BCUT2D eigenvalue weighted by molar-refractivity contribution is 4.98. The van der Waals surface area contributed by atoms with Crippen molar-refractivity contribution in [1.29, 1.82) is 0 Å². The summed E-state index contributed by atoms with van der Waals surface area (Å²) >= 11 is 0. The maximum absolute atomic E-state index is 6.01. The number of fused-ring (bicyclic) bond motifs is 2. The van der Waals surface area contributed by atoms with Gasteiger partial charge in [0.15, 0.2) is 0 Å². The van der Waals surface area contributed by atoms with Crippen molar-refractivity contribution in [3.8, 4) is 0 Å². The van der Waals surface area contributed by atoms with Gasteiger partial charge < -0.3 is 5.73 Å². The van der Waals surface area contributed by atoms with Gasteiger partial charge in [-0.05, 0) is 56.4 Å². The summed E-state index contributed by atoms with van der Waals surface area (Å²) in [5.74, 6) is 2.90. The molecule has 0 spiro atoms. The topological polar surface area (TPSA) is 29.3 Å². The third-order valence-corrected chi connectivity index (χ3v) is 5.53. The lowest BCUT2D eigenvalue weighted by molar-refractivity contribution is 0.0372. The molecule has 1 heterocycles. The normalized spacial score (nSPS) is 48.8. The molecule has 5 atom stereocenters. The molecule has 2 bridgehead atoms. The average molecular weight is 222 g/mol. The van der Waals surface area contributed by atoms with Crippen LogP contribution in [0.2, 0.25) is 0 Å². The molecule has 2 nitrogen and oxygen atoms in total. The van der Waals surface area contributed by atoms with Crippen molar-refractivity contribution < 1.29 is 0 Å². The number of hydrogen-bond acceptors (Lipinski definition) is 2. The van der Waals surface area contributed by atoms with Crippen LogP contribution in [0.15, 0.2) is 0 Å². The van der Waals surface area contributed by atoms with Crippen LogP contribution in [0.1, 0.15) is 45.4 Å². The molecule has 2 saturated carbocycles. The Hall–Kier alpha value is -0.0800. The van der Waals surface area contributed by atoms with E-state index in [2.05, 4.69) is 11.8 Å². The van der Waals surface area contributed by atoms with Crippen molar-refractivity contribution in [1.82, 2.24) is 4.90 Å². The Morgan fingerprint density at radius 2 is 2.06 bits per heavy atom. The van der Waals surface area contributed by atoms with Gasteiger partial charge in [0.05, 0.1) is 0 Å². The molecule has 3 aliphatic rings. The standard InChI is InChI=1S/C14H26N2/c1-10-3-2-6-16(14(10)9-15)13-8-11-4-5-12(13)7-11/h10-14H,2-9,15H2,1H3. The van der Waals surface area contributed by atoms with Crippen molar-refractivity contribution in [3.63, 3.8) is 0 Å². The van der Waals surface area contributed by atoms with Crippen LogP contribution in [0.3, 0.4) is 0 Å². The number of likely N-dealkylation sites (tertiary alicyclic amines) is 1. The second-order valence-electron chi connectivity index (χ2n) is 6.40. The molecule has 0 amide bonds. The highest BCUT2D eigenvalue weighted by Gasteiger charge is 2.45. The fourth-order valence-electron chi connectivity index (χ4n) is 4.68. The third kappa shape index (κ3) is 1.70. The summed E-state index contributed by atoms with van der Waals surface area (Å²) < 4.78 is 0. The van der Waals surface area contributed by atoms with E-state index in [1.807, 2.05) is 0 Å². The van der Waals surface area contributed by atoms with Crippen molar-refractivity contribution in [2.75, 3.05) is 13.1 Å². The Morgan fingerprint density at radius 1 is 1.19 bits per heavy atom. The molecule has 16 heavy (non-hydrogen) atoms. The largest absolute Gasteiger partial charge is 0.329 e. The van der Waals surface area contributed by atoms with E-state index in [4.69, 9.17) is 5.73 Å². The Morgan fingerprint density at radius 3 is 2.69 bits per heavy atom. The fraction of sp³-hybridized carbons (Fsp3) is 1.00. The van der Waals surface area contributed by atoms with Crippen LogP contribution < -0.4 is 5.73 Å². The Kier molecular flexibility index (Phi) is 2.97. The minimum Gasteiger partial charge on any atom is -0.329 e. The van der Waals surface area contributed by atoms with Crippen LogP contribution >= 0.6 is 0 Å². The van der Waals surface area contributed by atoms with E-state index in [1.54, 1.807) is 0 Å². The number of piperidine rings is 1. The summed E-state index contributed by atoms with van der Waals surface area (Å²) in [5.41, 5.74) is 6.01. The molecule has 2 N–H and O–H groups in total. The summed E-state index contributed by atoms with van der Waals surface area (Å²) in [6, 6.07) is 1.58. The zero-order valence-electron chi connectivity index (χ0n) is 10.6. The van der Waals surface area contributed by atoms with E-state index in [0.717, 1.165) is 30.3 Å². The van der Waals surface area contributed by atoms with Crippen molar-refractivity contribution in [3.05, 3.63) is 0 Å². The first-order valence-corrected chi connectivity index (χ1v) is 7.25. The lowest BCUT2D eigenvalue weighted by atomic mass is 9.85. The van der Waals surface area contributed by atoms with E-state index < -0.39 is 0 Å². The molecule has 0 radical (unpaired) electrons. The maximum atomic E-state index is 6.01. The van der Waals surface area contributed by atoms with Gasteiger partial charge in [0.1, 0.15) is 0 Å². The zero-order valence-corrected chi connectivity index (χ0v) is 10.6. The van der Waals surface area contributed by atoms with Gasteiger partial charge in [0, 0.05) is 18.6 Å². The van der Waals surface area contributed by atoms with E-state index in [1.165, 1.54) is 45.1 Å². The lowest BCUT2D eigenvalue weighted by Gasteiger charge is -2.45. The first-order valence-electron chi connectivity index (χ1n) is 7.25. The van der Waals surface area contributed by atoms with Crippen LogP contribution in [0, 0.1) is 17.8 Å². The molecule has 1 saturated heterocycles. The smallest absolute Gasteiger partial charge is 0.0247 e. The Labute approximate surface area is 99.6 Å². The molecule has 2 aliphatic carbocycles. The maximum Gasteiger partial charge on any atom is 0.0247 e. The van der Waals surface area contributed by atoms with Gasteiger partial charge in [-0.2, -0.15) is 0 Å². The molecule has 1 aliphatic heterocycles. The van der Waals surface area contributed by atoms with Crippen molar-refractivity contribution >= 4 is 0 Å². The van der Waals surface area contributed by atoms with E-state index >= 15 is 0 Å². The fourth-order valence-corrected chi connectivity index (χ4v) is 4.68. The molecule has 5 unspecified atom stereocenters. The van der Waals surface area contributed by atoms with Gasteiger partial charge in [-0.15, -0.1) is 0 Å². The van der Waals surface area contributed by atoms with E-state index in [-0.39, 0.29) is 0 Å². The molecule has 3 fully saturated rings. The lowest BCUT2D eigenvalue weighted by Crippen LogP contribution is -2.54. The monoisotopic (exact) mass is 222 g/mol. The highest BCUT2D eigenvalue weighted by atomic mass is 15.2. The highest BCUT2D eigenvalue weighted by Crippen LogP contribution is 2.48. The van der Waals surface area contributed by atoms with Crippen LogP contribution in [-0.2, 0) is 0 Å². The Bertz CT molecular complexity index is 253. The predicted molar refractivity (Wildman–Crippen MR) is 67.2 cm³/mol. The van der Waals surface area contributed by atoms with Crippen LogP contribution in [0.25, 0.3) is 0 Å². The first-order chi connectivity index (χ1) is 7.79. The van der Waals surface area contributed by atoms with Crippen molar-refractivity contribution in [2.45, 2.75) is 57.5 Å². The van der Waals surface area contributed by atoms with Crippen molar-refractivity contribution in [2.24, 2.45) is 23.5 Å². The average Bonchev–Trinajstić information content (AvgIpc) is 2.90. The third-order valence-electron chi connectivity index (χ3n) is 5.53. The SMILES string of the molecule is CC1CCCN(C2CC3CCC2C3)C1CN. The van der Waals surface area contributed by atoms with E-state index in [9.17, 15) is 0 Å². The number of nitrogens with two attached hydrogens (primary N) is 1. The summed E-state index contributed by atoms with van der Waals surface area (Å²) in [5, 5.41) is 0. The second kappa shape index (κ2) is 4.30. The Balaban J connectivity index is 1.72. The zero-order chi connectivity index (χ0) is 11.1. The van der Waals surface area contributed by atoms with Crippen LogP contribution in [0.5, 0.6) is 0 Å². The van der Waals surface area contributed by atoms with Gasteiger partial charge in [-0.1, -0.05) is 13.3 Å². The minimum absolute atomic E-state index is 0.679. The molecular weight excluding hydrogens is 196 g/mol. The summed E-state index contributed by atoms with van der Waals surface area (Å²) in [6.07, 6.45) is 8.79. The summed E-state index contributed by atoms with van der Waals surface area (Å²) in [4.78, 5) is 2.80. The van der Waals surface area contributed by atoms with Gasteiger partial charge in [-0.25, -0.2) is 0 Å². The molecule has 0 aromatic heterocycles. The number of rotatable bonds is 2. The predicted octanol–water partition coefficient (Wildman–Crippen LogP) is 2.23. The molecule has 92 valence electrons. The van der Waals surface area contributed by atoms with Gasteiger partial charge in [-0.3, -0.25) is 4.90 Å². The minimum atomic E-state index is 0.679. The molecule has 2 heteroatoms. The van der Waals surface area contributed by atoms with Gasteiger partial charge >= 0.3 is 0 Å². The first kappa shape index (κ1) is 11.0. The van der Waals surface area contributed by atoms with Crippen LogP contribution in [-0.4, -0.2) is 30.1 Å². The van der Waals surface area contributed by atoms with Crippen LogP contribution in [0.4, 0.5) is 0 Å². The number of hydrogen-bond donors (Lipinski definition) is 1. The van der Waals surface area contributed by atoms with Gasteiger partial charge in [0.25, 0.3) is 0 Å². The molecular formula is C14H26N2. The quantitative estimate of drug-likeness (QED) is 0.776. The van der Waals surface area contributed by atoms with Gasteiger partial charge in [0.2, 0.25) is 0 Å². The molecule has 0 aromatic rings. The van der Waals surface area contributed by atoms with E-state index in [0.29, 0.717) is 6.04 Å². The molecule has 0 aromatic carbocycles. The molecule has 3 rings (SSSR count). The number of nitrogens with zero attached hydrogens (tertiary/aromatic N) is 1. The summed E-state index contributed by atoms with van der Waals surface area (Å²) in [7, 11) is 0. The summed E-state index contributed by atoms with van der Waals surface area (Å²) in [6.45, 7) is 4.59. The second-order valence-corrected chi connectivity index (χ2v) is 6.40.